The minimum Gasteiger partial charge on any atom is -0.508 e. The summed E-state index contributed by atoms with van der Waals surface area (Å²) in [6.07, 6.45) is 4.67. The Morgan fingerprint density at radius 3 is 2.45 bits per heavy atom. The second kappa shape index (κ2) is 5.97. The molecule has 1 amide bonds. The molecule has 0 atom stereocenters. The van der Waals surface area contributed by atoms with Gasteiger partial charge in [-0.1, -0.05) is 0 Å². The van der Waals surface area contributed by atoms with Crippen LogP contribution in [-0.2, 0) is 0 Å². The number of benzene rings is 1. The number of carbonyl (C=O) groups excluding carboxylic acids is 1. The monoisotopic (exact) mass is 269 g/mol. The number of aromatic nitrogens is 1. The first-order chi connectivity index (χ1) is 9.58. The predicted octanol–water partition coefficient (Wildman–Crippen LogP) is 2.17. The predicted molar refractivity (Wildman–Crippen MR) is 76.9 cm³/mol. The topological polar surface area (TPSA) is 74.6 Å². The average Bonchev–Trinajstić information content (AvgIpc) is 2.42. The molecule has 0 aliphatic carbocycles. The Labute approximate surface area is 117 Å². The van der Waals surface area contributed by atoms with E-state index in [0.717, 1.165) is 16.7 Å². The maximum atomic E-state index is 11.8. The number of pyridine rings is 1. The number of nitrogens with zero attached hydrogens (tertiary/aromatic N) is 2. The lowest BCUT2D eigenvalue weighted by molar-refractivity contribution is 0.0955. The number of aryl methyl sites for hydroxylation is 2. The van der Waals surface area contributed by atoms with Crippen LogP contribution in [0.4, 0.5) is 0 Å². The fraction of sp³-hybridized carbons (Fsp3) is 0.133. The third-order valence-electron chi connectivity index (χ3n) is 2.88. The number of hydrazone groups is 1. The van der Waals surface area contributed by atoms with Crippen LogP contribution in [-0.4, -0.2) is 22.2 Å². The smallest absolute Gasteiger partial charge is 0.271 e. The van der Waals surface area contributed by atoms with Gasteiger partial charge in [-0.2, -0.15) is 5.10 Å². The highest BCUT2D eigenvalue weighted by atomic mass is 16.3. The second-order valence-corrected chi connectivity index (χ2v) is 4.43. The molecule has 0 saturated carbocycles. The molecule has 2 N–H and O–H groups in total. The van der Waals surface area contributed by atoms with Gasteiger partial charge >= 0.3 is 0 Å². The summed E-state index contributed by atoms with van der Waals surface area (Å²) in [6, 6.07) is 6.53. The number of rotatable bonds is 3. The van der Waals surface area contributed by atoms with Gasteiger partial charge in [0, 0.05) is 23.5 Å². The summed E-state index contributed by atoms with van der Waals surface area (Å²) in [5.74, 6) is -0.0734. The lowest BCUT2D eigenvalue weighted by Gasteiger charge is -2.05. The van der Waals surface area contributed by atoms with E-state index in [2.05, 4.69) is 15.5 Å². The quantitative estimate of drug-likeness (QED) is 0.662. The van der Waals surface area contributed by atoms with Gasteiger partial charge in [0.15, 0.2) is 0 Å². The number of hydrogen-bond donors (Lipinski definition) is 2. The van der Waals surface area contributed by atoms with Crippen LogP contribution in [0.1, 0.15) is 27.0 Å². The van der Waals surface area contributed by atoms with E-state index in [1.165, 1.54) is 0 Å². The van der Waals surface area contributed by atoms with Gasteiger partial charge in [0.25, 0.3) is 5.91 Å². The summed E-state index contributed by atoms with van der Waals surface area (Å²) < 4.78 is 0. The van der Waals surface area contributed by atoms with Crippen molar-refractivity contribution in [3.05, 3.63) is 58.9 Å². The highest BCUT2D eigenvalue weighted by Crippen LogP contribution is 2.18. The zero-order chi connectivity index (χ0) is 14.5. The van der Waals surface area contributed by atoms with Crippen molar-refractivity contribution >= 4 is 12.1 Å². The summed E-state index contributed by atoms with van der Waals surface area (Å²) in [7, 11) is 0. The molecule has 0 radical (unpaired) electrons. The van der Waals surface area contributed by atoms with Crippen LogP contribution in [0.5, 0.6) is 5.75 Å². The Morgan fingerprint density at radius 2 is 1.85 bits per heavy atom. The van der Waals surface area contributed by atoms with Gasteiger partial charge in [-0.3, -0.25) is 9.78 Å². The maximum absolute atomic E-state index is 11.8. The van der Waals surface area contributed by atoms with Crippen molar-refractivity contribution < 1.29 is 9.90 Å². The number of nitrogens with one attached hydrogen (secondary N) is 1. The molecule has 2 rings (SSSR count). The van der Waals surface area contributed by atoms with Crippen LogP contribution < -0.4 is 5.43 Å². The second-order valence-electron chi connectivity index (χ2n) is 4.43. The first-order valence-electron chi connectivity index (χ1n) is 6.11. The Bertz CT molecular complexity index is 628. The van der Waals surface area contributed by atoms with Crippen molar-refractivity contribution in [3.63, 3.8) is 0 Å². The van der Waals surface area contributed by atoms with Gasteiger partial charge in [0.1, 0.15) is 5.75 Å². The molecule has 1 heterocycles. The van der Waals surface area contributed by atoms with Gasteiger partial charge in [0.2, 0.25) is 0 Å². The largest absolute Gasteiger partial charge is 0.508 e. The van der Waals surface area contributed by atoms with Gasteiger partial charge in [-0.15, -0.1) is 0 Å². The number of amides is 1. The molecule has 1 aromatic carbocycles. The first-order valence-corrected chi connectivity index (χ1v) is 6.11. The Kier molecular flexibility index (Phi) is 4.10. The molecule has 102 valence electrons. The Hall–Kier alpha value is -2.69. The minimum absolute atomic E-state index is 0.220. The van der Waals surface area contributed by atoms with Gasteiger partial charge in [-0.25, -0.2) is 5.43 Å². The normalized spacial score (nSPS) is 10.7. The zero-order valence-electron chi connectivity index (χ0n) is 11.3. The van der Waals surface area contributed by atoms with Crippen LogP contribution in [0.3, 0.4) is 0 Å². The van der Waals surface area contributed by atoms with Crippen LogP contribution in [0.15, 0.2) is 41.8 Å². The summed E-state index contributed by atoms with van der Waals surface area (Å²) in [6.45, 7) is 3.75. The third kappa shape index (κ3) is 3.20. The highest BCUT2D eigenvalue weighted by Gasteiger charge is 2.04. The van der Waals surface area contributed by atoms with Gasteiger partial charge < -0.3 is 5.11 Å². The number of carbonyl (C=O) groups is 1. The maximum Gasteiger partial charge on any atom is 0.271 e. The first kappa shape index (κ1) is 13.7. The minimum atomic E-state index is -0.294. The van der Waals surface area contributed by atoms with Gasteiger partial charge in [0.05, 0.1) is 6.21 Å². The van der Waals surface area contributed by atoms with Crippen molar-refractivity contribution in [1.29, 1.82) is 0 Å². The van der Waals surface area contributed by atoms with Gasteiger partial charge in [-0.05, 0) is 49.2 Å². The highest BCUT2D eigenvalue weighted by molar-refractivity contribution is 5.95. The zero-order valence-corrected chi connectivity index (χ0v) is 11.3. The molecule has 0 aliphatic rings. The molecule has 5 heteroatoms. The van der Waals surface area contributed by atoms with E-state index < -0.39 is 0 Å². The molecule has 0 aliphatic heterocycles. The number of aromatic hydroxyl groups is 1. The molecular weight excluding hydrogens is 254 g/mol. The SMILES string of the molecule is Cc1cc(O)cc(C)c1/C=N\NC(=O)c1ccncc1. The Morgan fingerprint density at radius 1 is 1.25 bits per heavy atom. The fourth-order valence-corrected chi connectivity index (χ4v) is 1.88. The molecule has 0 spiro atoms. The van der Waals surface area contributed by atoms with Crippen molar-refractivity contribution in [3.8, 4) is 5.75 Å². The molecule has 2 aromatic rings. The summed E-state index contributed by atoms with van der Waals surface area (Å²) >= 11 is 0. The van der Waals surface area contributed by atoms with E-state index in [1.54, 1.807) is 42.9 Å². The van der Waals surface area contributed by atoms with Crippen molar-refractivity contribution in [2.75, 3.05) is 0 Å². The third-order valence-corrected chi connectivity index (χ3v) is 2.88. The molecular formula is C15H15N3O2. The van der Waals surface area contributed by atoms with E-state index >= 15 is 0 Å². The molecule has 0 unspecified atom stereocenters. The fourth-order valence-electron chi connectivity index (χ4n) is 1.88. The van der Waals surface area contributed by atoms with E-state index in [4.69, 9.17) is 0 Å². The van der Waals surface area contributed by atoms with Crippen LogP contribution >= 0.6 is 0 Å². The average molecular weight is 269 g/mol. The molecule has 0 fully saturated rings. The van der Waals surface area contributed by atoms with E-state index in [-0.39, 0.29) is 11.7 Å². The van der Waals surface area contributed by atoms with E-state index in [0.29, 0.717) is 5.56 Å². The Balaban J connectivity index is 2.10. The lowest BCUT2D eigenvalue weighted by atomic mass is 10.0. The van der Waals surface area contributed by atoms with Crippen LogP contribution in [0.25, 0.3) is 0 Å². The van der Waals surface area contributed by atoms with Crippen LogP contribution in [0.2, 0.25) is 0 Å². The molecule has 5 nitrogen and oxygen atoms in total. The molecule has 1 aromatic heterocycles. The lowest BCUT2D eigenvalue weighted by Crippen LogP contribution is -2.17. The standard InChI is InChI=1S/C15H15N3O2/c1-10-7-13(19)8-11(2)14(10)9-17-18-15(20)12-3-5-16-6-4-12/h3-9,19H,1-2H3,(H,18,20)/b17-9-. The number of phenols is 1. The van der Waals surface area contributed by atoms with Crippen molar-refractivity contribution in [2.45, 2.75) is 13.8 Å². The summed E-state index contributed by atoms with van der Waals surface area (Å²) in [5.41, 5.74) is 5.61. The molecule has 20 heavy (non-hydrogen) atoms. The molecule has 0 saturated heterocycles. The number of phenolic OH excluding ortho intramolecular Hbond substituents is 1. The van der Waals surface area contributed by atoms with E-state index in [1.807, 2.05) is 13.8 Å². The van der Waals surface area contributed by atoms with E-state index in [9.17, 15) is 9.90 Å². The van der Waals surface area contributed by atoms with Crippen molar-refractivity contribution in [2.24, 2.45) is 5.10 Å². The number of hydrogen-bond acceptors (Lipinski definition) is 4. The summed E-state index contributed by atoms with van der Waals surface area (Å²) in [4.78, 5) is 15.6. The molecule has 0 bridgehead atoms. The van der Waals surface area contributed by atoms with Crippen molar-refractivity contribution in [1.82, 2.24) is 10.4 Å². The summed E-state index contributed by atoms with van der Waals surface area (Å²) in [5, 5.41) is 13.4. The van der Waals surface area contributed by atoms with Crippen LogP contribution in [0, 0.1) is 13.8 Å².